The van der Waals surface area contributed by atoms with E-state index >= 15 is 0 Å². The molecule has 3 heteroatoms. The first-order chi connectivity index (χ1) is 8.46. The molecule has 0 heterocycles. The summed E-state index contributed by atoms with van der Waals surface area (Å²) < 4.78 is 13.3. The lowest BCUT2D eigenvalue weighted by Gasteiger charge is -2.34. The van der Waals surface area contributed by atoms with Crippen molar-refractivity contribution in [3.05, 3.63) is 34.6 Å². The minimum atomic E-state index is -0.333. The molecule has 1 aliphatic carbocycles. The van der Waals surface area contributed by atoms with Crippen molar-refractivity contribution in [3.63, 3.8) is 0 Å². The zero-order valence-corrected chi connectivity index (χ0v) is 11.9. The minimum Gasteiger partial charge on any atom is -0.310 e. The molecule has 0 amide bonds. The molecule has 1 saturated carbocycles. The Morgan fingerprint density at radius 3 is 2.61 bits per heavy atom. The van der Waals surface area contributed by atoms with Crippen LogP contribution in [0, 0.1) is 11.2 Å². The third kappa shape index (κ3) is 3.69. The lowest BCUT2D eigenvalue weighted by molar-refractivity contribution is 0.206. The molecule has 1 N–H and O–H groups in total. The van der Waals surface area contributed by atoms with E-state index in [-0.39, 0.29) is 10.8 Å². The topological polar surface area (TPSA) is 12.0 Å². The number of nitrogens with one attached hydrogen (secondary N) is 1. The zero-order valence-electron chi connectivity index (χ0n) is 11.1. The van der Waals surface area contributed by atoms with E-state index in [0.29, 0.717) is 11.5 Å². The molecule has 0 bridgehead atoms. The average Bonchev–Trinajstić information content (AvgIpc) is 2.32. The Bertz CT molecular complexity index is 407. The molecule has 1 aromatic rings. The van der Waals surface area contributed by atoms with Gasteiger partial charge in [-0.2, -0.15) is 0 Å². The SMILES string of the molecule is CC1(C)CCC(NCc2ccc(Cl)c(F)c2)CC1. The molecule has 1 aliphatic rings. The molecule has 1 fully saturated rings. The van der Waals surface area contributed by atoms with Crippen LogP contribution in [0.5, 0.6) is 0 Å². The second-order valence-electron chi connectivity index (χ2n) is 6.07. The van der Waals surface area contributed by atoms with E-state index in [9.17, 15) is 4.39 Å². The van der Waals surface area contributed by atoms with Crippen molar-refractivity contribution in [2.45, 2.75) is 52.1 Å². The predicted molar refractivity (Wildman–Crippen MR) is 74.3 cm³/mol. The third-order valence-corrected chi connectivity index (χ3v) is 4.22. The van der Waals surface area contributed by atoms with Crippen LogP contribution in [0.2, 0.25) is 5.02 Å². The number of hydrogen-bond acceptors (Lipinski definition) is 1. The van der Waals surface area contributed by atoms with Crippen LogP contribution in [-0.4, -0.2) is 6.04 Å². The maximum Gasteiger partial charge on any atom is 0.142 e. The number of benzene rings is 1. The summed E-state index contributed by atoms with van der Waals surface area (Å²) in [6.45, 7) is 5.38. The minimum absolute atomic E-state index is 0.193. The Morgan fingerprint density at radius 2 is 2.00 bits per heavy atom. The van der Waals surface area contributed by atoms with Crippen molar-refractivity contribution in [1.82, 2.24) is 5.32 Å². The van der Waals surface area contributed by atoms with Crippen molar-refractivity contribution in [3.8, 4) is 0 Å². The Kier molecular flexibility index (Phi) is 4.29. The normalized spacial score (nSPS) is 20.0. The van der Waals surface area contributed by atoms with Gasteiger partial charge in [-0.25, -0.2) is 4.39 Å². The first-order valence-corrected chi connectivity index (χ1v) is 7.01. The van der Waals surface area contributed by atoms with Crippen LogP contribution in [0.25, 0.3) is 0 Å². The van der Waals surface area contributed by atoms with Crippen LogP contribution >= 0.6 is 11.6 Å². The molecule has 0 atom stereocenters. The summed E-state index contributed by atoms with van der Waals surface area (Å²) >= 11 is 5.67. The van der Waals surface area contributed by atoms with Gasteiger partial charge < -0.3 is 5.32 Å². The molecule has 0 spiro atoms. The maximum atomic E-state index is 13.3. The maximum absolute atomic E-state index is 13.3. The summed E-state index contributed by atoms with van der Waals surface area (Å²) in [5.74, 6) is -0.333. The van der Waals surface area contributed by atoms with Gasteiger partial charge in [-0.3, -0.25) is 0 Å². The van der Waals surface area contributed by atoms with Gasteiger partial charge in [0.25, 0.3) is 0 Å². The first-order valence-electron chi connectivity index (χ1n) is 6.64. The largest absolute Gasteiger partial charge is 0.310 e. The van der Waals surface area contributed by atoms with Crippen LogP contribution in [0.3, 0.4) is 0 Å². The fraction of sp³-hybridized carbons (Fsp3) is 0.600. The Hall–Kier alpha value is -0.600. The van der Waals surface area contributed by atoms with E-state index in [1.54, 1.807) is 6.07 Å². The van der Waals surface area contributed by atoms with Crippen molar-refractivity contribution in [2.75, 3.05) is 0 Å². The molecule has 18 heavy (non-hydrogen) atoms. The Morgan fingerprint density at radius 1 is 1.33 bits per heavy atom. The third-order valence-electron chi connectivity index (χ3n) is 3.92. The highest BCUT2D eigenvalue weighted by Crippen LogP contribution is 2.35. The van der Waals surface area contributed by atoms with Gasteiger partial charge in [0.1, 0.15) is 5.82 Å². The molecule has 0 unspecified atom stereocenters. The van der Waals surface area contributed by atoms with Crippen LogP contribution in [0.4, 0.5) is 4.39 Å². The molecule has 1 aromatic carbocycles. The summed E-state index contributed by atoms with van der Waals surface area (Å²) in [5.41, 5.74) is 1.45. The quantitative estimate of drug-likeness (QED) is 0.850. The Labute approximate surface area is 114 Å². The second kappa shape index (κ2) is 5.58. The summed E-state index contributed by atoms with van der Waals surface area (Å²) in [5, 5.41) is 3.71. The van der Waals surface area contributed by atoms with Crippen LogP contribution in [-0.2, 0) is 6.54 Å². The molecule has 100 valence electrons. The van der Waals surface area contributed by atoms with Gasteiger partial charge in [-0.15, -0.1) is 0 Å². The summed E-state index contributed by atoms with van der Waals surface area (Å²) in [6.07, 6.45) is 4.95. The van der Waals surface area contributed by atoms with Gasteiger partial charge in [0.2, 0.25) is 0 Å². The van der Waals surface area contributed by atoms with E-state index in [2.05, 4.69) is 19.2 Å². The predicted octanol–water partition coefficient (Wildman–Crippen LogP) is 4.54. The van der Waals surface area contributed by atoms with Crippen molar-refractivity contribution in [2.24, 2.45) is 5.41 Å². The fourth-order valence-corrected chi connectivity index (χ4v) is 2.63. The summed E-state index contributed by atoms with van der Waals surface area (Å²) in [7, 11) is 0. The van der Waals surface area contributed by atoms with E-state index < -0.39 is 0 Å². The summed E-state index contributed by atoms with van der Waals surface area (Å²) in [4.78, 5) is 0. The second-order valence-corrected chi connectivity index (χ2v) is 6.48. The lowest BCUT2D eigenvalue weighted by Crippen LogP contribution is -2.35. The lowest BCUT2D eigenvalue weighted by atomic mass is 9.75. The van der Waals surface area contributed by atoms with Gasteiger partial charge in [0, 0.05) is 12.6 Å². The molecule has 0 aliphatic heterocycles. The van der Waals surface area contributed by atoms with E-state index in [0.717, 1.165) is 12.1 Å². The number of halogens is 2. The monoisotopic (exact) mass is 269 g/mol. The molecule has 0 saturated heterocycles. The highest BCUT2D eigenvalue weighted by atomic mass is 35.5. The molecule has 0 radical (unpaired) electrons. The first kappa shape index (κ1) is 13.8. The van der Waals surface area contributed by atoms with Crippen molar-refractivity contribution in [1.29, 1.82) is 0 Å². The van der Waals surface area contributed by atoms with Crippen LogP contribution < -0.4 is 5.32 Å². The molecule has 0 aromatic heterocycles. The number of rotatable bonds is 3. The molecule has 1 nitrogen and oxygen atoms in total. The van der Waals surface area contributed by atoms with E-state index in [1.807, 2.05) is 6.07 Å². The van der Waals surface area contributed by atoms with Crippen LogP contribution in [0.15, 0.2) is 18.2 Å². The van der Waals surface area contributed by atoms with Crippen molar-refractivity contribution < 1.29 is 4.39 Å². The van der Waals surface area contributed by atoms with Gasteiger partial charge in [-0.1, -0.05) is 31.5 Å². The van der Waals surface area contributed by atoms with E-state index in [4.69, 9.17) is 11.6 Å². The number of hydrogen-bond donors (Lipinski definition) is 1. The fourth-order valence-electron chi connectivity index (χ4n) is 2.52. The van der Waals surface area contributed by atoms with Gasteiger partial charge in [-0.05, 0) is 48.8 Å². The van der Waals surface area contributed by atoms with Crippen molar-refractivity contribution >= 4 is 11.6 Å². The summed E-state index contributed by atoms with van der Waals surface area (Å²) in [6, 6.07) is 5.59. The standard InChI is InChI=1S/C15H21ClFN/c1-15(2)7-5-12(6-8-15)18-10-11-3-4-13(16)14(17)9-11/h3-4,9,12,18H,5-8,10H2,1-2H3. The average molecular weight is 270 g/mol. The molecule has 2 rings (SSSR count). The van der Waals surface area contributed by atoms with Gasteiger partial charge in [0.05, 0.1) is 5.02 Å². The highest BCUT2D eigenvalue weighted by molar-refractivity contribution is 6.30. The van der Waals surface area contributed by atoms with Crippen LogP contribution in [0.1, 0.15) is 45.1 Å². The van der Waals surface area contributed by atoms with Gasteiger partial charge in [0.15, 0.2) is 0 Å². The highest BCUT2D eigenvalue weighted by Gasteiger charge is 2.26. The smallest absolute Gasteiger partial charge is 0.142 e. The van der Waals surface area contributed by atoms with Gasteiger partial charge >= 0.3 is 0 Å². The zero-order chi connectivity index (χ0) is 13.2. The van der Waals surface area contributed by atoms with E-state index in [1.165, 1.54) is 31.7 Å². The molecular formula is C15H21ClFN. The molecular weight excluding hydrogens is 249 g/mol. The Balaban J connectivity index is 1.83.